The lowest BCUT2D eigenvalue weighted by Crippen LogP contribution is -2.28. The molecular weight excluding hydrogens is 572 g/mol. The Morgan fingerprint density at radius 2 is 1.80 bits per heavy atom. The zero-order valence-corrected chi connectivity index (χ0v) is 22.9. The quantitative estimate of drug-likeness (QED) is 0.294. The summed E-state index contributed by atoms with van der Waals surface area (Å²) in [6.07, 6.45) is -3.13. The maximum Gasteiger partial charge on any atom is 0.416 e. The van der Waals surface area contributed by atoms with Gasteiger partial charge in [-0.05, 0) is 56.6 Å². The third kappa shape index (κ3) is 6.30. The molecule has 0 unspecified atom stereocenters. The lowest BCUT2D eigenvalue weighted by molar-refractivity contribution is -0.137. The van der Waals surface area contributed by atoms with Crippen LogP contribution in [0.4, 0.5) is 24.8 Å². The summed E-state index contributed by atoms with van der Waals surface area (Å²) >= 11 is 12.4. The molecule has 210 valence electrons. The summed E-state index contributed by atoms with van der Waals surface area (Å²) in [6, 6.07) is 8.28. The zero-order valence-electron chi connectivity index (χ0n) is 21.4. The van der Waals surface area contributed by atoms with Crippen molar-refractivity contribution in [2.45, 2.75) is 6.18 Å². The highest BCUT2D eigenvalue weighted by atomic mass is 35.5. The molecule has 0 spiro atoms. The number of pyridine rings is 1. The van der Waals surface area contributed by atoms with Crippen molar-refractivity contribution in [3.8, 4) is 11.1 Å². The van der Waals surface area contributed by atoms with Gasteiger partial charge in [-0.1, -0.05) is 23.2 Å². The van der Waals surface area contributed by atoms with E-state index in [0.717, 1.165) is 23.4 Å². The first-order valence-corrected chi connectivity index (χ1v) is 12.5. The first-order valence-electron chi connectivity index (χ1n) is 11.7. The Balaban J connectivity index is 1.70. The van der Waals surface area contributed by atoms with Gasteiger partial charge in [0.15, 0.2) is 5.65 Å². The molecule has 40 heavy (non-hydrogen) atoms. The van der Waals surface area contributed by atoms with Gasteiger partial charge in [-0.15, -0.1) is 4.73 Å². The summed E-state index contributed by atoms with van der Waals surface area (Å²) in [4.78, 5) is 42.2. The van der Waals surface area contributed by atoms with Crippen molar-refractivity contribution < 1.29 is 22.8 Å². The number of aromatic nitrogens is 3. The average Bonchev–Trinajstić information content (AvgIpc) is 2.89. The second kappa shape index (κ2) is 11.7. The molecule has 0 aliphatic heterocycles. The molecule has 0 atom stereocenters. The fourth-order valence-electron chi connectivity index (χ4n) is 3.79. The average molecular weight is 595 g/mol. The number of hydrogen-bond donors (Lipinski definition) is 2. The normalized spacial score (nSPS) is 11.6. The number of fused-ring (bicyclic) bond motifs is 1. The van der Waals surface area contributed by atoms with Crippen molar-refractivity contribution in [3.63, 3.8) is 0 Å². The van der Waals surface area contributed by atoms with Gasteiger partial charge >= 0.3 is 6.18 Å². The third-order valence-electron chi connectivity index (χ3n) is 5.78. The van der Waals surface area contributed by atoms with Crippen molar-refractivity contribution in [2.75, 3.05) is 44.9 Å². The second-order valence-corrected chi connectivity index (χ2v) is 9.70. The Hall–Kier alpha value is -3.87. The molecule has 2 N–H and O–H groups in total. The minimum Gasteiger partial charge on any atom is -0.412 e. The molecule has 2 aromatic heterocycles. The van der Waals surface area contributed by atoms with Gasteiger partial charge in [0.05, 0.1) is 21.7 Å². The van der Waals surface area contributed by atoms with Crippen molar-refractivity contribution in [3.05, 3.63) is 80.2 Å². The minimum absolute atomic E-state index is 0.115. The van der Waals surface area contributed by atoms with Crippen molar-refractivity contribution in [2.24, 2.45) is 0 Å². The van der Waals surface area contributed by atoms with Gasteiger partial charge in [0.25, 0.3) is 11.5 Å². The van der Waals surface area contributed by atoms with Gasteiger partial charge in [0, 0.05) is 40.9 Å². The Morgan fingerprint density at radius 3 is 2.48 bits per heavy atom. The van der Waals surface area contributed by atoms with E-state index in [0.29, 0.717) is 23.9 Å². The molecule has 4 rings (SSSR count). The van der Waals surface area contributed by atoms with Gasteiger partial charge in [-0.2, -0.15) is 18.2 Å². The summed E-state index contributed by atoms with van der Waals surface area (Å²) in [5.74, 6) is -0.567. The molecule has 0 aliphatic carbocycles. The van der Waals surface area contributed by atoms with Crippen LogP contribution in [0, 0.1) is 0 Å². The number of nitrogens with zero attached hydrogens (tertiary/aromatic N) is 4. The summed E-state index contributed by atoms with van der Waals surface area (Å²) in [5.41, 5.74) is -1.23. The van der Waals surface area contributed by atoms with Gasteiger partial charge in [0.1, 0.15) is 7.11 Å². The number of anilines is 2. The molecule has 2 aromatic carbocycles. The van der Waals surface area contributed by atoms with E-state index in [9.17, 15) is 22.8 Å². The highest BCUT2D eigenvalue weighted by molar-refractivity contribution is 6.35. The number of amides is 1. The minimum atomic E-state index is -4.66. The monoisotopic (exact) mass is 594 g/mol. The maximum absolute atomic E-state index is 13.4. The smallest absolute Gasteiger partial charge is 0.412 e. The lowest BCUT2D eigenvalue weighted by atomic mass is 10.0. The van der Waals surface area contributed by atoms with Crippen LogP contribution in [-0.2, 0) is 6.18 Å². The van der Waals surface area contributed by atoms with Crippen LogP contribution in [0.2, 0.25) is 10.0 Å². The molecule has 0 saturated heterocycles. The number of alkyl halides is 3. The molecule has 1 amide bonds. The molecule has 0 saturated carbocycles. The predicted molar refractivity (Wildman–Crippen MR) is 148 cm³/mol. The number of benzene rings is 2. The number of halogens is 5. The molecule has 0 aliphatic rings. The number of rotatable bonds is 8. The second-order valence-electron chi connectivity index (χ2n) is 8.88. The summed E-state index contributed by atoms with van der Waals surface area (Å²) in [7, 11) is 5.17. The number of nitrogens with one attached hydrogen (secondary N) is 2. The molecule has 4 aromatic rings. The standard InChI is InChI=1S/C26H23Cl2F3N6O3/c1-36(2)9-8-32-25-33-13-14-10-18(24(39)37(40-3)22(14)35-25)17-12-16(5-7-20(17)27)34-23(38)19-11-15(26(29,30)31)4-6-21(19)28/h4-7,10-13H,8-9H2,1-3H3,(H,34,38)(H,32,33,35). The number of carbonyl (C=O) groups is 1. The Kier molecular flexibility index (Phi) is 8.52. The number of carbonyl (C=O) groups excluding carboxylic acids is 1. The van der Waals surface area contributed by atoms with Crippen LogP contribution in [-0.4, -0.2) is 59.8 Å². The van der Waals surface area contributed by atoms with E-state index in [4.69, 9.17) is 28.0 Å². The Bertz CT molecular complexity index is 1640. The molecule has 2 heterocycles. The summed E-state index contributed by atoms with van der Waals surface area (Å²) in [6.45, 7) is 1.32. The van der Waals surface area contributed by atoms with Gasteiger partial charge < -0.3 is 20.4 Å². The molecule has 14 heteroatoms. The van der Waals surface area contributed by atoms with Crippen molar-refractivity contribution >= 4 is 51.8 Å². The van der Waals surface area contributed by atoms with Crippen LogP contribution >= 0.6 is 23.2 Å². The van der Waals surface area contributed by atoms with Crippen LogP contribution in [0.5, 0.6) is 0 Å². The van der Waals surface area contributed by atoms with Crippen LogP contribution in [0.3, 0.4) is 0 Å². The Labute approximate surface area is 236 Å². The topological polar surface area (TPSA) is 101 Å². The van der Waals surface area contributed by atoms with Crippen LogP contribution in [0.15, 0.2) is 53.5 Å². The van der Waals surface area contributed by atoms with E-state index >= 15 is 0 Å². The molecule has 9 nitrogen and oxygen atoms in total. The molecule has 0 fully saturated rings. The van der Waals surface area contributed by atoms with E-state index in [1.165, 1.54) is 37.6 Å². The summed E-state index contributed by atoms with van der Waals surface area (Å²) < 4.78 is 40.4. The fourth-order valence-corrected chi connectivity index (χ4v) is 4.21. The maximum atomic E-state index is 13.4. The first kappa shape index (κ1) is 29.1. The molecular formula is C26H23Cl2F3N6O3. The lowest BCUT2D eigenvalue weighted by Gasteiger charge is -2.14. The number of hydrogen-bond acceptors (Lipinski definition) is 7. The fraction of sp³-hybridized carbons (Fsp3) is 0.231. The van der Waals surface area contributed by atoms with Gasteiger partial charge in [-0.3, -0.25) is 9.59 Å². The van der Waals surface area contributed by atoms with E-state index in [-0.39, 0.29) is 38.1 Å². The largest absolute Gasteiger partial charge is 0.416 e. The predicted octanol–water partition coefficient (Wildman–Crippen LogP) is 5.07. The van der Waals surface area contributed by atoms with E-state index in [1.54, 1.807) is 0 Å². The highest BCUT2D eigenvalue weighted by Gasteiger charge is 2.31. The van der Waals surface area contributed by atoms with Crippen molar-refractivity contribution in [1.29, 1.82) is 0 Å². The summed E-state index contributed by atoms with van der Waals surface area (Å²) in [5, 5.41) is 6.08. The number of likely N-dealkylation sites (N-methyl/N-ethyl adjacent to an activating group) is 1. The third-order valence-corrected chi connectivity index (χ3v) is 6.44. The van der Waals surface area contributed by atoms with Crippen LogP contribution in [0.25, 0.3) is 22.2 Å². The van der Waals surface area contributed by atoms with E-state index < -0.39 is 23.2 Å². The SMILES string of the molecule is COn1c(=O)c(-c2cc(NC(=O)c3cc(C(F)(F)F)ccc3Cl)ccc2Cl)cc2cnc(NCCN(C)C)nc21. The van der Waals surface area contributed by atoms with Crippen LogP contribution < -0.4 is 21.0 Å². The zero-order chi connectivity index (χ0) is 29.2. The highest BCUT2D eigenvalue weighted by Crippen LogP contribution is 2.33. The van der Waals surface area contributed by atoms with Crippen LogP contribution in [0.1, 0.15) is 15.9 Å². The Morgan fingerprint density at radius 1 is 1.07 bits per heavy atom. The first-order chi connectivity index (χ1) is 18.9. The van der Waals surface area contributed by atoms with Gasteiger partial charge in [0.2, 0.25) is 5.95 Å². The molecule has 0 radical (unpaired) electrons. The van der Waals surface area contributed by atoms with Crippen molar-refractivity contribution in [1.82, 2.24) is 19.6 Å². The van der Waals surface area contributed by atoms with E-state index in [2.05, 4.69) is 20.6 Å². The van der Waals surface area contributed by atoms with Gasteiger partial charge in [-0.25, -0.2) is 4.98 Å². The van der Waals surface area contributed by atoms with E-state index in [1.807, 2.05) is 19.0 Å². The molecule has 0 bridgehead atoms.